The third kappa shape index (κ3) is 5.04. The molecule has 6 rings (SSSR count). The van der Waals surface area contributed by atoms with Crippen LogP contribution in [0.15, 0.2) is 60.7 Å². The summed E-state index contributed by atoms with van der Waals surface area (Å²) in [7, 11) is 0. The highest BCUT2D eigenvalue weighted by molar-refractivity contribution is 6.01. The quantitative estimate of drug-likeness (QED) is 0.381. The van der Waals surface area contributed by atoms with Crippen molar-refractivity contribution >= 4 is 16.8 Å². The number of nitrogens with one attached hydrogen (secondary N) is 1. The van der Waals surface area contributed by atoms with Crippen LogP contribution in [0.25, 0.3) is 10.9 Å². The number of aromatic amines is 1. The molecule has 37 heavy (non-hydrogen) atoms. The highest BCUT2D eigenvalue weighted by Gasteiger charge is 2.27. The van der Waals surface area contributed by atoms with Crippen molar-refractivity contribution in [3.05, 3.63) is 88.6 Å². The van der Waals surface area contributed by atoms with E-state index in [9.17, 15) is 9.90 Å². The molecular formula is C30H32N4O3. The summed E-state index contributed by atoms with van der Waals surface area (Å²) in [6.07, 6.45) is 4.54. The van der Waals surface area contributed by atoms with E-state index in [0.29, 0.717) is 31.7 Å². The summed E-state index contributed by atoms with van der Waals surface area (Å²) < 4.78 is 6.04. The van der Waals surface area contributed by atoms with Crippen molar-refractivity contribution in [2.75, 3.05) is 26.2 Å². The van der Waals surface area contributed by atoms with Gasteiger partial charge in [-0.2, -0.15) is 5.10 Å². The fourth-order valence-electron chi connectivity index (χ4n) is 5.45. The van der Waals surface area contributed by atoms with Gasteiger partial charge >= 0.3 is 0 Å². The van der Waals surface area contributed by atoms with E-state index in [4.69, 9.17) is 4.74 Å². The number of fused-ring (bicyclic) bond motifs is 2. The standard InChI is InChI=1S/C30H32N4O3/c35-29-18-28-25(27(31-32-28)15-21-7-3-1-4-8-21)17-26(29)30(36)34-19-22-9-10-24(16-23(22)20-34)37-14-13-33-11-5-2-6-12-33/h1,3-4,7-10,16-18,35H,2,5-6,11-15,19-20H2,(H,31,32). The molecule has 2 aliphatic rings. The third-order valence-electron chi connectivity index (χ3n) is 7.52. The van der Waals surface area contributed by atoms with Gasteiger partial charge in [0.05, 0.1) is 16.8 Å². The molecule has 2 N–H and O–H groups in total. The van der Waals surface area contributed by atoms with E-state index in [-0.39, 0.29) is 11.7 Å². The summed E-state index contributed by atoms with van der Waals surface area (Å²) in [4.78, 5) is 17.7. The molecule has 0 radical (unpaired) electrons. The molecule has 1 amide bonds. The minimum atomic E-state index is -0.185. The molecule has 7 heteroatoms. The van der Waals surface area contributed by atoms with E-state index in [1.54, 1.807) is 17.0 Å². The van der Waals surface area contributed by atoms with Gasteiger partial charge in [0, 0.05) is 37.5 Å². The summed E-state index contributed by atoms with van der Waals surface area (Å²) in [5.41, 5.74) is 5.22. The van der Waals surface area contributed by atoms with Gasteiger partial charge in [-0.15, -0.1) is 0 Å². The zero-order valence-corrected chi connectivity index (χ0v) is 20.9. The van der Waals surface area contributed by atoms with Crippen molar-refractivity contribution in [2.24, 2.45) is 0 Å². The van der Waals surface area contributed by atoms with E-state index >= 15 is 0 Å². The Hall–Kier alpha value is -3.84. The number of carbonyl (C=O) groups is 1. The number of hydrogen-bond donors (Lipinski definition) is 2. The summed E-state index contributed by atoms with van der Waals surface area (Å²) >= 11 is 0. The van der Waals surface area contributed by atoms with Gasteiger partial charge in [0.1, 0.15) is 18.1 Å². The Bertz CT molecular complexity index is 1410. The zero-order chi connectivity index (χ0) is 25.2. The summed E-state index contributed by atoms with van der Waals surface area (Å²) in [6.45, 7) is 4.96. The first-order valence-corrected chi connectivity index (χ1v) is 13.1. The van der Waals surface area contributed by atoms with E-state index in [1.807, 2.05) is 24.3 Å². The first-order chi connectivity index (χ1) is 18.1. The molecule has 3 heterocycles. The van der Waals surface area contributed by atoms with Gasteiger partial charge in [0.25, 0.3) is 5.91 Å². The Balaban J connectivity index is 1.15. The number of hydrogen-bond acceptors (Lipinski definition) is 5. The Morgan fingerprint density at radius 3 is 2.62 bits per heavy atom. The summed E-state index contributed by atoms with van der Waals surface area (Å²) in [5.74, 6) is 0.624. The first kappa shape index (κ1) is 23.6. The number of ether oxygens (including phenoxy) is 1. The largest absolute Gasteiger partial charge is 0.507 e. The molecule has 0 aliphatic carbocycles. The maximum atomic E-state index is 13.5. The van der Waals surface area contributed by atoms with Crippen molar-refractivity contribution < 1.29 is 14.6 Å². The van der Waals surface area contributed by atoms with Crippen molar-refractivity contribution in [1.29, 1.82) is 0 Å². The van der Waals surface area contributed by atoms with Crippen LogP contribution in [0.3, 0.4) is 0 Å². The van der Waals surface area contributed by atoms with E-state index in [2.05, 4.69) is 39.4 Å². The van der Waals surface area contributed by atoms with Gasteiger partial charge in [-0.1, -0.05) is 42.8 Å². The number of nitrogens with zero attached hydrogens (tertiary/aromatic N) is 3. The average molecular weight is 497 g/mol. The smallest absolute Gasteiger partial charge is 0.258 e. The number of carbonyl (C=O) groups excluding carboxylic acids is 1. The number of likely N-dealkylation sites (tertiary alicyclic amines) is 1. The van der Waals surface area contributed by atoms with Crippen LogP contribution >= 0.6 is 0 Å². The molecule has 0 unspecified atom stereocenters. The molecule has 3 aromatic carbocycles. The second-order valence-electron chi connectivity index (χ2n) is 10.1. The number of piperidine rings is 1. The van der Waals surface area contributed by atoms with Crippen molar-refractivity contribution in [3.8, 4) is 11.5 Å². The second-order valence-corrected chi connectivity index (χ2v) is 10.1. The topological polar surface area (TPSA) is 81.7 Å². The zero-order valence-electron chi connectivity index (χ0n) is 20.9. The molecule has 7 nitrogen and oxygen atoms in total. The molecule has 190 valence electrons. The van der Waals surface area contributed by atoms with Gasteiger partial charge in [-0.3, -0.25) is 14.8 Å². The monoisotopic (exact) mass is 496 g/mol. The van der Waals surface area contributed by atoms with Gasteiger partial charge < -0.3 is 14.7 Å². The molecule has 0 saturated carbocycles. The Morgan fingerprint density at radius 1 is 0.973 bits per heavy atom. The van der Waals surface area contributed by atoms with Crippen LogP contribution < -0.4 is 4.74 Å². The van der Waals surface area contributed by atoms with Crippen molar-refractivity contribution in [1.82, 2.24) is 20.0 Å². The molecule has 0 bridgehead atoms. The van der Waals surface area contributed by atoms with Crippen LogP contribution in [0, 0.1) is 0 Å². The predicted molar refractivity (Wildman–Crippen MR) is 143 cm³/mol. The second kappa shape index (κ2) is 10.3. The normalized spacial score (nSPS) is 15.7. The maximum Gasteiger partial charge on any atom is 0.258 e. The number of aromatic nitrogens is 2. The first-order valence-electron chi connectivity index (χ1n) is 13.1. The lowest BCUT2D eigenvalue weighted by molar-refractivity contribution is 0.0748. The molecule has 0 atom stereocenters. The summed E-state index contributed by atoms with van der Waals surface area (Å²) in [5, 5.41) is 19.0. The molecule has 0 spiro atoms. The van der Waals surface area contributed by atoms with Crippen LogP contribution in [0.1, 0.15) is 52.0 Å². The predicted octanol–water partition coefficient (Wildman–Crippen LogP) is 4.88. The minimum absolute atomic E-state index is 0.0369. The van der Waals surface area contributed by atoms with Crippen LogP contribution in [-0.4, -0.2) is 57.3 Å². The molecule has 1 saturated heterocycles. The van der Waals surface area contributed by atoms with Gasteiger partial charge in [0.15, 0.2) is 0 Å². The number of phenolic OH excluding ortho intramolecular Hbond substituents is 1. The third-order valence-corrected chi connectivity index (χ3v) is 7.52. The lowest BCUT2D eigenvalue weighted by Crippen LogP contribution is -2.33. The van der Waals surface area contributed by atoms with Crippen LogP contribution in [0.5, 0.6) is 11.5 Å². The average Bonchev–Trinajstić information content (AvgIpc) is 3.52. The highest BCUT2D eigenvalue weighted by Crippen LogP contribution is 2.32. The SMILES string of the molecule is O=C(c1cc2c(Cc3ccccc3)n[nH]c2cc1O)N1Cc2ccc(OCCN3CCCCC3)cc2C1. The fraction of sp³-hybridized carbons (Fsp3) is 0.333. The van der Waals surface area contributed by atoms with E-state index < -0.39 is 0 Å². The molecular weight excluding hydrogens is 464 g/mol. The number of H-pyrrole nitrogens is 1. The number of aromatic hydroxyl groups is 1. The number of benzene rings is 3. The molecule has 1 fully saturated rings. The van der Waals surface area contributed by atoms with Crippen molar-refractivity contribution in [2.45, 2.75) is 38.8 Å². The Morgan fingerprint density at radius 2 is 1.78 bits per heavy atom. The number of amides is 1. The van der Waals surface area contributed by atoms with Gasteiger partial charge in [-0.25, -0.2) is 0 Å². The molecule has 1 aromatic heterocycles. The minimum Gasteiger partial charge on any atom is -0.507 e. The fourth-order valence-corrected chi connectivity index (χ4v) is 5.45. The van der Waals surface area contributed by atoms with Crippen LogP contribution in [-0.2, 0) is 19.5 Å². The summed E-state index contributed by atoms with van der Waals surface area (Å²) in [6, 6.07) is 19.6. The van der Waals surface area contributed by atoms with Crippen LogP contribution in [0.4, 0.5) is 0 Å². The lowest BCUT2D eigenvalue weighted by Gasteiger charge is -2.26. The molecule has 2 aliphatic heterocycles. The van der Waals surface area contributed by atoms with Gasteiger partial charge in [0.2, 0.25) is 0 Å². The lowest BCUT2D eigenvalue weighted by atomic mass is 10.0. The van der Waals surface area contributed by atoms with E-state index in [1.165, 1.54) is 19.3 Å². The van der Waals surface area contributed by atoms with Crippen LogP contribution in [0.2, 0.25) is 0 Å². The number of phenols is 1. The highest BCUT2D eigenvalue weighted by atomic mass is 16.5. The van der Waals surface area contributed by atoms with Gasteiger partial charge in [-0.05, 0) is 60.8 Å². The Labute approximate surface area is 216 Å². The van der Waals surface area contributed by atoms with Crippen molar-refractivity contribution in [3.63, 3.8) is 0 Å². The maximum absolute atomic E-state index is 13.5. The number of rotatable bonds is 7. The Kier molecular flexibility index (Phi) is 6.53. The molecule has 4 aromatic rings. The van der Waals surface area contributed by atoms with E-state index in [0.717, 1.165) is 58.7 Å².